The smallest absolute Gasteiger partial charge is 0.741 e. The van der Waals surface area contributed by atoms with Gasteiger partial charge in [0.15, 0.2) is 0 Å². The zero-order valence-corrected chi connectivity index (χ0v) is 19.4. The molecule has 9 heteroatoms. The first-order valence-corrected chi connectivity index (χ1v) is 10.0. The van der Waals surface area contributed by atoms with E-state index >= 15 is 0 Å². The largest absolute Gasteiger partial charge is 2.00 e. The molecule has 0 aromatic heterocycles. The van der Waals surface area contributed by atoms with E-state index < -0.39 is 0 Å². The van der Waals surface area contributed by atoms with Gasteiger partial charge in [-0.05, 0) is 21.1 Å². The van der Waals surface area contributed by atoms with Gasteiger partial charge in [0.25, 0.3) is 0 Å². The van der Waals surface area contributed by atoms with E-state index in [1.807, 2.05) is 72.8 Å². The predicted octanol–water partition coefficient (Wildman–Crippen LogP) is 3.19. The van der Waals surface area contributed by atoms with Gasteiger partial charge >= 0.3 is 17.1 Å². The van der Waals surface area contributed by atoms with Crippen LogP contribution in [0.25, 0.3) is 10.8 Å². The summed E-state index contributed by atoms with van der Waals surface area (Å²) in [6.07, 6.45) is 0. The second kappa shape index (κ2) is 12.1. The van der Waals surface area contributed by atoms with Crippen molar-refractivity contribution < 1.29 is 17.1 Å². The van der Waals surface area contributed by atoms with Crippen LogP contribution < -0.4 is 10.6 Å². The van der Waals surface area contributed by atoms with Gasteiger partial charge in [0.1, 0.15) is 11.4 Å². The van der Waals surface area contributed by atoms with Gasteiger partial charge in [-0.15, -0.1) is 10.2 Å². The van der Waals surface area contributed by atoms with Crippen molar-refractivity contribution in [1.82, 2.24) is 10.6 Å². The topological polar surface area (TPSA) is 73.5 Å². The minimum atomic E-state index is 0. The second-order valence-corrected chi connectivity index (χ2v) is 6.87. The fourth-order valence-electron chi connectivity index (χ4n) is 2.79. The SMILES string of the molecule is CN/C([S-])=N/N=C(/C(=N/N=C(\[S-])NC)c1cccc2ccccc12)c1ccccc1.[Cu+2]. The molecule has 0 heterocycles. The van der Waals surface area contributed by atoms with Crippen molar-refractivity contribution in [1.29, 1.82) is 0 Å². The fourth-order valence-corrected chi connectivity index (χ4v) is 2.87. The second-order valence-electron chi connectivity index (χ2n) is 6.10. The summed E-state index contributed by atoms with van der Waals surface area (Å²) in [5.41, 5.74) is 2.77. The minimum absolute atomic E-state index is 0. The molecule has 0 saturated carbocycles. The van der Waals surface area contributed by atoms with Gasteiger partial charge in [-0.3, -0.25) is 0 Å². The Morgan fingerprint density at radius 1 is 0.645 bits per heavy atom. The summed E-state index contributed by atoms with van der Waals surface area (Å²) in [6, 6.07) is 23.7. The minimum Gasteiger partial charge on any atom is -0.741 e. The predicted molar refractivity (Wildman–Crippen MR) is 131 cm³/mol. The summed E-state index contributed by atoms with van der Waals surface area (Å²) in [5.74, 6) is 0. The molecule has 31 heavy (non-hydrogen) atoms. The van der Waals surface area contributed by atoms with E-state index in [2.05, 4.69) is 31.0 Å². The number of fused-ring (bicyclic) bond motifs is 1. The first kappa shape index (κ1) is 24.4. The summed E-state index contributed by atoms with van der Waals surface area (Å²) >= 11 is 10.3. The maximum Gasteiger partial charge on any atom is 2.00 e. The third-order valence-corrected chi connectivity index (χ3v) is 4.80. The van der Waals surface area contributed by atoms with Crippen molar-refractivity contribution >= 4 is 57.8 Å². The Balaban J connectivity index is 0.00000341. The van der Waals surface area contributed by atoms with Crippen molar-refractivity contribution in [2.75, 3.05) is 14.1 Å². The molecule has 6 nitrogen and oxygen atoms in total. The molecule has 0 unspecified atom stereocenters. The molecule has 0 saturated heterocycles. The molecule has 3 aromatic rings. The van der Waals surface area contributed by atoms with Gasteiger partial charge in [-0.1, -0.05) is 72.8 Å². The van der Waals surface area contributed by atoms with Crippen molar-refractivity contribution in [2.24, 2.45) is 20.4 Å². The van der Waals surface area contributed by atoms with Crippen LogP contribution in [0.3, 0.4) is 0 Å². The zero-order chi connectivity index (χ0) is 21.3. The summed E-state index contributed by atoms with van der Waals surface area (Å²) in [4.78, 5) is 0. The van der Waals surface area contributed by atoms with Crippen LogP contribution in [-0.4, -0.2) is 35.9 Å². The van der Waals surface area contributed by atoms with Crippen molar-refractivity contribution in [3.05, 3.63) is 83.9 Å². The van der Waals surface area contributed by atoms with E-state index in [0.29, 0.717) is 11.4 Å². The summed E-state index contributed by atoms with van der Waals surface area (Å²) in [5, 5.41) is 25.4. The van der Waals surface area contributed by atoms with Gasteiger partial charge < -0.3 is 35.9 Å². The Hall–Kier alpha value is -2.84. The molecular weight excluding hydrogens is 476 g/mol. The summed E-state index contributed by atoms with van der Waals surface area (Å²) in [7, 11) is 3.40. The van der Waals surface area contributed by atoms with Crippen molar-refractivity contribution in [3.63, 3.8) is 0 Å². The van der Waals surface area contributed by atoms with Crippen LogP contribution in [0.1, 0.15) is 11.1 Å². The Labute approximate surface area is 203 Å². The van der Waals surface area contributed by atoms with Gasteiger partial charge in [-0.25, -0.2) is 0 Å². The number of amidine groups is 2. The Morgan fingerprint density at radius 2 is 1.19 bits per heavy atom. The summed E-state index contributed by atoms with van der Waals surface area (Å²) in [6.45, 7) is 0. The molecule has 0 spiro atoms. The molecular formula is C22H20CuN6S2. The molecule has 161 valence electrons. The van der Waals surface area contributed by atoms with Crippen LogP contribution in [0.5, 0.6) is 0 Å². The first-order chi connectivity index (χ1) is 14.6. The molecule has 0 aliphatic rings. The molecule has 0 aliphatic heterocycles. The average Bonchev–Trinajstić information content (AvgIpc) is 2.81. The number of benzene rings is 3. The monoisotopic (exact) mass is 495 g/mol. The molecule has 0 amide bonds. The van der Waals surface area contributed by atoms with Crippen molar-refractivity contribution in [2.45, 2.75) is 0 Å². The molecule has 0 fully saturated rings. The Kier molecular flexibility index (Phi) is 9.55. The van der Waals surface area contributed by atoms with E-state index in [9.17, 15) is 0 Å². The molecule has 3 rings (SSSR count). The molecule has 0 aliphatic carbocycles. The average molecular weight is 496 g/mol. The maximum atomic E-state index is 5.17. The third kappa shape index (κ3) is 6.32. The van der Waals surface area contributed by atoms with Crippen molar-refractivity contribution in [3.8, 4) is 0 Å². The van der Waals surface area contributed by atoms with E-state index in [-0.39, 0.29) is 27.4 Å². The quantitative estimate of drug-likeness (QED) is 0.187. The standard InChI is InChI=1S/C22H22N6S2.Cu/c1-23-21(29)27-25-19(16-10-4-3-5-11-16)20(26-28-22(30)24-2)18-14-8-12-15-9-6-7-13-17(15)18;/h3-14H,1-2H3,(H2,23,27,29)(H2,24,28,30);/q;+2/p-2/b25-19+,26-20+;. The molecule has 3 aromatic carbocycles. The Morgan fingerprint density at radius 3 is 1.84 bits per heavy atom. The normalized spacial score (nSPS) is 13.0. The van der Waals surface area contributed by atoms with Gasteiger partial charge in [0, 0.05) is 25.2 Å². The van der Waals surface area contributed by atoms with E-state index in [1.54, 1.807) is 14.1 Å². The van der Waals surface area contributed by atoms with Gasteiger partial charge in [0.2, 0.25) is 0 Å². The molecule has 0 atom stereocenters. The van der Waals surface area contributed by atoms with E-state index in [4.69, 9.17) is 25.3 Å². The van der Waals surface area contributed by atoms with Crippen LogP contribution >= 0.6 is 0 Å². The number of nitrogens with one attached hydrogen (secondary N) is 2. The van der Waals surface area contributed by atoms with Crippen LogP contribution in [-0.2, 0) is 42.3 Å². The van der Waals surface area contributed by atoms with Crippen LogP contribution in [0, 0.1) is 0 Å². The number of nitrogens with zero attached hydrogens (tertiary/aromatic N) is 4. The summed E-state index contributed by atoms with van der Waals surface area (Å²) < 4.78 is 0. The zero-order valence-electron chi connectivity index (χ0n) is 16.8. The molecule has 0 bridgehead atoms. The molecule has 2 N–H and O–H groups in total. The first-order valence-electron chi connectivity index (χ1n) is 9.18. The number of rotatable bonds is 5. The fraction of sp³-hybridized carbons (Fsp3) is 0.0909. The number of hydrogen-bond donors (Lipinski definition) is 2. The van der Waals surface area contributed by atoms with Crippen LogP contribution in [0.15, 0.2) is 93.2 Å². The van der Waals surface area contributed by atoms with Crippen LogP contribution in [0.2, 0.25) is 0 Å². The Bertz CT molecular complexity index is 1140. The van der Waals surface area contributed by atoms with Gasteiger partial charge in [-0.2, -0.15) is 10.2 Å². The third-order valence-electron chi connectivity index (χ3n) is 4.23. The van der Waals surface area contributed by atoms with Crippen LogP contribution in [0.4, 0.5) is 0 Å². The molecule has 1 radical (unpaired) electrons. The maximum absolute atomic E-state index is 5.17. The number of hydrogen-bond acceptors (Lipinski definition) is 6. The van der Waals surface area contributed by atoms with Gasteiger partial charge in [0.05, 0.1) is 0 Å². The van der Waals surface area contributed by atoms with E-state index in [0.717, 1.165) is 21.9 Å². The van der Waals surface area contributed by atoms with E-state index in [1.165, 1.54) is 0 Å².